The highest BCUT2D eigenvalue weighted by molar-refractivity contribution is 7.80. The Kier molecular flexibility index (Phi) is 4.96. The summed E-state index contributed by atoms with van der Waals surface area (Å²) in [6.07, 6.45) is 3.31. The molecule has 1 aromatic heterocycles. The smallest absolute Gasteiger partial charge is 0.193 e. The fourth-order valence-corrected chi connectivity index (χ4v) is 3.77. The largest absolute Gasteiger partial charge is 0.508 e. The fourth-order valence-electron chi connectivity index (χ4n) is 3.52. The van der Waals surface area contributed by atoms with Crippen molar-refractivity contribution >= 4 is 23.4 Å². The van der Waals surface area contributed by atoms with E-state index in [4.69, 9.17) is 0 Å². The number of rotatable bonds is 5. The summed E-state index contributed by atoms with van der Waals surface area (Å²) in [6, 6.07) is 16.9. The van der Waals surface area contributed by atoms with Gasteiger partial charge in [-0.2, -0.15) is 0 Å². The van der Waals surface area contributed by atoms with E-state index in [0.29, 0.717) is 16.5 Å². The molecule has 2 N–H and O–H groups in total. The van der Waals surface area contributed by atoms with Crippen molar-refractivity contribution in [1.29, 1.82) is 0 Å². The van der Waals surface area contributed by atoms with Gasteiger partial charge in [-0.3, -0.25) is 4.57 Å². The van der Waals surface area contributed by atoms with Crippen molar-refractivity contribution in [3.8, 4) is 28.6 Å². The third kappa shape index (κ3) is 3.20. The standard InChI is InChI=1S/C22H21N3O2S/c1-2-3-6-14-7-4-9-17-16(14)8-5-10-19(17)25-21(23-24-22(25)28)18-12-11-15(26)13-20(18)27/h4-5,7-13,26-27H,2-3,6H2,1H3,(H,24,28). The van der Waals surface area contributed by atoms with Crippen LogP contribution in [0.2, 0.25) is 0 Å². The topological polar surface area (TPSA) is 71.2 Å². The molecule has 0 bridgehead atoms. The van der Waals surface area contributed by atoms with Crippen molar-refractivity contribution < 1.29 is 10.2 Å². The third-order valence-corrected chi connectivity index (χ3v) is 5.19. The average Bonchev–Trinajstić information content (AvgIpc) is 3.07. The van der Waals surface area contributed by atoms with E-state index < -0.39 is 0 Å². The molecule has 3 aromatic carbocycles. The van der Waals surface area contributed by atoms with E-state index in [1.165, 1.54) is 23.1 Å². The molecule has 0 spiro atoms. The lowest BCUT2D eigenvalue weighted by molar-refractivity contribution is 0.451. The minimum absolute atomic E-state index is 0.0101. The summed E-state index contributed by atoms with van der Waals surface area (Å²) in [5.41, 5.74) is 2.68. The van der Waals surface area contributed by atoms with Gasteiger partial charge in [-0.05, 0) is 42.0 Å². The van der Waals surface area contributed by atoms with E-state index in [2.05, 4.69) is 54.0 Å². The van der Waals surface area contributed by atoms with Crippen LogP contribution in [-0.2, 0) is 6.42 Å². The number of benzene rings is 3. The summed E-state index contributed by atoms with van der Waals surface area (Å²) in [6.45, 7) is 2.19. The highest BCUT2D eigenvalue weighted by Crippen LogP contribution is 2.35. The number of fused-ring (bicyclic) bond motifs is 1. The highest BCUT2D eigenvalue weighted by atomic mass is 32.1. The number of thiol groups is 1. The van der Waals surface area contributed by atoms with Gasteiger partial charge in [0.25, 0.3) is 0 Å². The summed E-state index contributed by atoms with van der Waals surface area (Å²) < 4.78 is 1.82. The third-order valence-electron chi connectivity index (χ3n) is 4.90. The van der Waals surface area contributed by atoms with Gasteiger partial charge in [-0.1, -0.05) is 43.7 Å². The Hall–Kier alpha value is -2.99. The Morgan fingerprint density at radius 1 is 0.964 bits per heavy atom. The van der Waals surface area contributed by atoms with Gasteiger partial charge in [-0.15, -0.1) is 22.8 Å². The lowest BCUT2D eigenvalue weighted by Gasteiger charge is -2.14. The van der Waals surface area contributed by atoms with Crippen LogP contribution >= 0.6 is 12.6 Å². The van der Waals surface area contributed by atoms with Crippen LogP contribution in [-0.4, -0.2) is 25.0 Å². The van der Waals surface area contributed by atoms with Gasteiger partial charge < -0.3 is 10.2 Å². The fraction of sp³-hybridized carbons (Fsp3) is 0.182. The molecule has 6 heteroatoms. The molecule has 28 heavy (non-hydrogen) atoms. The molecule has 0 radical (unpaired) electrons. The van der Waals surface area contributed by atoms with Crippen molar-refractivity contribution in [2.75, 3.05) is 0 Å². The number of unbranched alkanes of at least 4 members (excludes halogenated alkanes) is 1. The van der Waals surface area contributed by atoms with Gasteiger partial charge in [0.1, 0.15) is 11.5 Å². The van der Waals surface area contributed by atoms with Crippen LogP contribution in [0.4, 0.5) is 0 Å². The maximum absolute atomic E-state index is 10.3. The van der Waals surface area contributed by atoms with Gasteiger partial charge in [-0.25, -0.2) is 0 Å². The quantitative estimate of drug-likeness (QED) is 0.413. The van der Waals surface area contributed by atoms with Crippen LogP contribution in [0.3, 0.4) is 0 Å². The van der Waals surface area contributed by atoms with Crippen molar-refractivity contribution in [2.24, 2.45) is 0 Å². The van der Waals surface area contributed by atoms with Crippen LogP contribution in [0.15, 0.2) is 59.8 Å². The second kappa shape index (κ2) is 7.56. The predicted octanol–water partition coefficient (Wildman–Crippen LogP) is 5.13. The zero-order valence-corrected chi connectivity index (χ0v) is 16.4. The Morgan fingerprint density at radius 2 is 1.75 bits per heavy atom. The number of phenolic OH excluding ortho intramolecular Hbond substituents is 2. The van der Waals surface area contributed by atoms with Crippen LogP contribution in [0.25, 0.3) is 27.8 Å². The first-order valence-electron chi connectivity index (χ1n) is 9.28. The monoisotopic (exact) mass is 391 g/mol. The molecule has 0 amide bonds. The average molecular weight is 391 g/mol. The van der Waals surface area contributed by atoms with Crippen molar-refractivity contribution in [1.82, 2.24) is 14.8 Å². The molecule has 0 atom stereocenters. The maximum atomic E-state index is 10.3. The summed E-state index contributed by atoms with van der Waals surface area (Å²) in [5, 5.41) is 30.9. The number of aromatic nitrogens is 3. The van der Waals surface area contributed by atoms with E-state index in [0.717, 1.165) is 30.3 Å². The van der Waals surface area contributed by atoms with Crippen molar-refractivity contribution in [3.05, 3.63) is 60.2 Å². The number of hydrogen-bond donors (Lipinski definition) is 3. The second-order valence-corrected chi connectivity index (χ2v) is 7.15. The highest BCUT2D eigenvalue weighted by Gasteiger charge is 2.18. The van der Waals surface area contributed by atoms with Gasteiger partial charge in [0, 0.05) is 11.5 Å². The zero-order chi connectivity index (χ0) is 19.7. The molecule has 0 aliphatic rings. The van der Waals surface area contributed by atoms with E-state index in [1.54, 1.807) is 6.07 Å². The molecule has 0 saturated carbocycles. The molecular formula is C22H21N3O2S. The molecule has 4 rings (SSSR count). The molecule has 0 aliphatic carbocycles. The lowest BCUT2D eigenvalue weighted by Crippen LogP contribution is -2.00. The first-order valence-corrected chi connectivity index (χ1v) is 9.72. The van der Waals surface area contributed by atoms with Crippen LogP contribution in [0.1, 0.15) is 25.3 Å². The molecule has 4 aromatic rings. The Balaban J connectivity index is 1.93. The van der Waals surface area contributed by atoms with Crippen molar-refractivity contribution in [3.63, 3.8) is 0 Å². The molecule has 142 valence electrons. The van der Waals surface area contributed by atoms with E-state index >= 15 is 0 Å². The normalized spacial score (nSPS) is 11.2. The number of hydrogen-bond acceptors (Lipinski definition) is 5. The SMILES string of the molecule is CCCCc1cccc2c(-n3c(S)nnc3-c3ccc(O)cc3O)cccc12. The van der Waals surface area contributed by atoms with Gasteiger partial charge in [0.15, 0.2) is 11.0 Å². The maximum Gasteiger partial charge on any atom is 0.193 e. The minimum atomic E-state index is -0.0640. The first kappa shape index (κ1) is 18.4. The Labute approximate surface area is 168 Å². The van der Waals surface area contributed by atoms with Crippen LogP contribution in [0.5, 0.6) is 11.5 Å². The number of nitrogens with zero attached hydrogens (tertiary/aromatic N) is 3. The summed E-state index contributed by atoms with van der Waals surface area (Å²) >= 11 is 4.50. The number of phenols is 2. The molecular weight excluding hydrogens is 370 g/mol. The Morgan fingerprint density at radius 3 is 2.54 bits per heavy atom. The predicted molar refractivity (Wildman–Crippen MR) is 113 cm³/mol. The molecule has 1 heterocycles. The first-order chi connectivity index (χ1) is 13.6. The lowest BCUT2D eigenvalue weighted by atomic mass is 9.99. The van der Waals surface area contributed by atoms with Gasteiger partial charge in [0.2, 0.25) is 0 Å². The molecule has 5 nitrogen and oxygen atoms in total. The number of aryl methyl sites for hydroxylation is 1. The van der Waals surface area contributed by atoms with Gasteiger partial charge in [0.05, 0.1) is 11.3 Å². The Bertz CT molecular complexity index is 1150. The molecule has 0 fully saturated rings. The summed E-state index contributed by atoms with van der Waals surface area (Å²) in [4.78, 5) is 0. The van der Waals surface area contributed by atoms with E-state index in [9.17, 15) is 10.2 Å². The molecule has 0 saturated heterocycles. The zero-order valence-electron chi connectivity index (χ0n) is 15.5. The van der Waals surface area contributed by atoms with Crippen LogP contribution < -0.4 is 0 Å². The number of aromatic hydroxyl groups is 2. The second-order valence-electron chi connectivity index (χ2n) is 6.75. The summed E-state index contributed by atoms with van der Waals surface area (Å²) in [7, 11) is 0. The van der Waals surface area contributed by atoms with E-state index in [1.807, 2.05) is 16.7 Å². The van der Waals surface area contributed by atoms with Crippen molar-refractivity contribution in [2.45, 2.75) is 31.3 Å². The summed E-state index contributed by atoms with van der Waals surface area (Å²) in [5.74, 6) is 0.393. The molecule has 0 unspecified atom stereocenters. The van der Waals surface area contributed by atoms with Gasteiger partial charge >= 0.3 is 0 Å². The molecule has 0 aliphatic heterocycles. The van der Waals surface area contributed by atoms with Crippen LogP contribution in [0, 0.1) is 0 Å². The minimum Gasteiger partial charge on any atom is -0.508 e. The van der Waals surface area contributed by atoms with E-state index in [-0.39, 0.29) is 11.5 Å².